The molecular formula is C4H10NNaO5. The summed E-state index contributed by atoms with van der Waals surface area (Å²) in [5.74, 6) is 0. The van der Waals surface area contributed by atoms with Crippen molar-refractivity contribution >= 4 is 0 Å². The molecule has 7 heteroatoms. The van der Waals surface area contributed by atoms with E-state index in [1.807, 2.05) is 6.92 Å². The van der Waals surface area contributed by atoms with Gasteiger partial charge in [-0.3, -0.25) is 0 Å². The van der Waals surface area contributed by atoms with E-state index >= 15 is 0 Å². The molecule has 0 aromatic carbocycles. The van der Waals surface area contributed by atoms with Crippen LogP contribution in [0, 0.1) is 15.3 Å². The summed E-state index contributed by atoms with van der Waals surface area (Å²) in [6, 6.07) is 0. The van der Waals surface area contributed by atoms with Gasteiger partial charge in [-0.15, -0.1) is 0 Å². The zero-order valence-electron chi connectivity index (χ0n) is 6.56. The van der Waals surface area contributed by atoms with Crippen LogP contribution in [0.25, 0.3) is 0 Å². The van der Waals surface area contributed by atoms with Crippen molar-refractivity contribution in [2.75, 3.05) is 0 Å². The number of hydrogen-bond acceptors (Lipinski definition) is 5. The summed E-state index contributed by atoms with van der Waals surface area (Å²) in [5, 5.41) is 31.0. The number of hydrogen-bond donors (Lipinski definition) is 2. The molecule has 0 aliphatic heterocycles. The van der Waals surface area contributed by atoms with Gasteiger partial charge in [0.05, 0.1) is 5.09 Å². The maximum Gasteiger partial charge on any atom is 1.00 e. The van der Waals surface area contributed by atoms with Crippen LogP contribution in [0.15, 0.2) is 0 Å². The molecule has 0 spiro atoms. The molecule has 0 atom stereocenters. The topological polar surface area (TPSA) is 107 Å². The van der Waals surface area contributed by atoms with E-state index in [1.54, 1.807) is 0 Å². The van der Waals surface area contributed by atoms with Crippen LogP contribution in [0.2, 0.25) is 0 Å². The first-order chi connectivity index (χ1) is 4.50. The number of nitrogens with zero attached hydrogens (tertiary/aromatic N) is 1. The minimum absolute atomic E-state index is 0. The maximum absolute atomic E-state index is 8.25. The maximum atomic E-state index is 8.25. The third-order valence-corrected chi connectivity index (χ3v) is 0.547. The Morgan fingerprint density at radius 2 is 1.73 bits per heavy atom. The van der Waals surface area contributed by atoms with Crippen molar-refractivity contribution in [3.63, 3.8) is 0 Å². The van der Waals surface area contributed by atoms with Gasteiger partial charge in [-0.05, 0) is 6.42 Å². The molecule has 0 saturated carbocycles. The summed E-state index contributed by atoms with van der Waals surface area (Å²) in [5.41, 5.74) is 0. The molecule has 0 aliphatic rings. The Labute approximate surface area is 86.2 Å². The standard InChI is InChI=1S/C4H10O2.NO3.Na/c1-2-3-4(5)6;2-1(3)4;/h4-6H,2-3H2,1H3;;/q;-1;+1. The number of aliphatic hydroxyl groups is 2. The van der Waals surface area contributed by atoms with E-state index in [0.29, 0.717) is 6.42 Å². The fourth-order valence-corrected chi connectivity index (χ4v) is 0.258. The summed E-state index contributed by atoms with van der Waals surface area (Å²) in [6.07, 6.45) is 0.215. The molecule has 0 heterocycles. The Balaban J connectivity index is -0.000000114. The van der Waals surface area contributed by atoms with Crippen molar-refractivity contribution in [2.45, 2.75) is 26.1 Å². The van der Waals surface area contributed by atoms with E-state index in [2.05, 4.69) is 0 Å². The molecule has 11 heavy (non-hydrogen) atoms. The molecule has 0 aromatic rings. The Morgan fingerprint density at radius 3 is 1.73 bits per heavy atom. The van der Waals surface area contributed by atoms with E-state index in [9.17, 15) is 0 Å². The molecule has 0 fully saturated rings. The predicted molar refractivity (Wildman–Crippen MR) is 33.5 cm³/mol. The Kier molecular flexibility index (Phi) is 20.0. The van der Waals surface area contributed by atoms with Crippen molar-refractivity contribution in [2.24, 2.45) is 0 Å². The SMILES string of the molecule is CCCC(O)O.O=[N+]([O-])[O-].[Na+]. The van der Waals surface area contributed by atoms with Crippen LogP contribution in [-0.2, 0) is 0 Å². The normalized spacial score (nSPS) is 7.64. The van der Waals surface area contributed by atoms with Gasteiger partial charge >= 0.3 is 29.6 Å². The molecule has 0 aliphatic carbocycles. The molecule has 0 aromatic heterocycles. The Bertz CT molecular complexity index is 84.6. The van der Waals surface area contributed by atoms with Crippen molar-refractivity contribution in [1.82, 2.24) is 0 Å². The number of aliphatic hydroxyl groups excluding tert-OH is 1. The van der Waals surface area contributed by atoms with Gasteiger partial charge in [0, 0.05) is 0 Å². The molecule has 0 rings (SSSR count). The molecular weight excluding hydrogens is 165 g/mol. The first-order valence-corrected chi connectivity index (χ1v) is 2.68. The summed E-state index contributed by atoms with van der Waals surface area (Å²) in [7, 11) is 0. The molecule has 0 saturated heterocycles. The van der Waals surface area contributed by atoms with E-state index in [0.717, 1.165) is 6.42 Å². The quantitative estimate of drug-likeness (QED) is 0.199. The summed E-state index contributed by atoms with van der Waals surface area (Å²) in [4.78, 5) is 8.25. The van der Waals surface area contributed by atoms with Crippen LogP contribution in [0.1, 0.15) is 19.8 Å². The van der Waals surface area contributed by atoms with Crippen molar-refractivity contribution in [3.8, 4) is 0 Å². The van der Waals surface area contributed by atoms with Crippen LogP contribution in [0.5, 0.6) is 0 Å². The van der Waals surface area contributed by atoms with Crippen LogP contribution in [-0.4, -0.2) is 21.6 Å². The van der Waals surface area contributed by atoms with Gasteiger partial charge < -0.3 is 25.5 Å². The van der Waals surface area contributed by atoms with E-state index in [1.165, 1.54) is 0 Å². The molecule has 0 amide bonds. The third kappa shape index (κ3) is 68.5. The Morgan fingerprint density at radius 1 is 1.45 bits per heavy atom. The molecule has 62 valence electrons. The monoisotopic (exact) mass is 175 g/mol. The molecule has 2 N–H and O–H groups in total. The average Bonchev–Trinajstić information content (AvgIpc) is 1.62. The van der Waals surface area contributed by atoms with E-state index in [-0.39, 0.29) is 29.6 Å². The van der Waals surface area contributed by atoms with Crippen LogP contribution < -0.4 is 29.6 Å². The summed E-state index contributed by atoms with van der Waals surface area (Å²) >= 11 is 0. The fraction of sp³-hybridized carbons (Fsp3) is 1.00. The minimum atomic E-state index is -1.75. The second-order valence-electron chi connectivity index (χ2n) is 1.49. The van der Waals surface area contributed by atoms with Gasteiger partial charge in [0.2, 0.25) is 0 Å². The summed E-state index contributed by atoms with van der Waals surface area (Å²) < 4.78 is 0. The molecule has 0 unspecified atom stereocenters. The first-order valence-electron chi connectivity index (χ1n) is 2.68. The van der Waals surface area contributed by atoms with Crippen molar-refractivity contribution < 1.29 is 44.9 Å². The fourth-order valence-electron chi connectivity index (χ4n) is 0.258. The van der Waals surface area contributed by atoms with Gasteiger partial charge in [-0.1, -0.05) is 13.3 Å². The molecule has 0 bridgehead atoms. The number of rotatable bonds is 2. The van der Waals surface area contributed by atoms with Gasteiger partial charge in [0.25, 0.3) is 0 Å². The van der Waals surface area contributed by atoms with E-state index in [4.69, 9.17) is 25.5 Å². The smallest absolute Gasteiger partial charge is 0.368 e. The third-order valence-electron chi connectivity index (χ3n) is 0.547. The first kappa shape index (κ1) is 17.3. The largest absolute Gasteiger partial charge is 1.00 e. The van der Waals surface area contributed by atoms with Crippen LogP contribution in [0.3, 0.4) is 0 Å². The van der Waals surface area contributed by atoms with Crippen molar-refractivity contribution in [3.05, 3.63) is 15.3 Å². The second kappa shape index (κ2) is 12.8. The van der Waals surface area contributed by atoms with E-state index < -0.39 is 11.4 Å². The summed E-state index contributed by atoms with van der Waals surface area (Å²) in [6.45, 7) is 1.90. The molecule has 0 radical (unpaired) electrons. The second-order valence-corrected chi connectivity index (χ2v) is 1.49. The van der Waals surface area contributed by atoms with Crippen LogP contribution >= 0.6 is 0 Å². The van der Waals surface area contributed by atoms with Gasteiger partial charge in [-0.25, -0.2) is 0 Å². The zero-order chi connectivity index (χ0) is 8.57. The zero-order valence-corrected chi connectivity index (χ0v) is 8.56. The van der Waals surface area contributed by atoms with Gasteiger partial charge in [0.15, 0.2) is 6.29 Å². The van der Waals surface area contributed by atoms with Gasteiger partial charge in [0.1, 0.15) is 0 Å². The predicted octanol–water partition coefficient (Wildman–Crippen LogP) is -3.14. The molecule has 6 nitrogen and oxygen atoms in total. The van der Waals surface area contributed by atoms with Gasteiger partial charge in [-0.2, -0.15) is 0 Å². The van der Waals surface area contributed by atoms with Crippen molar-refractivity contribution in [1.29, 1.82) is 0 Å². The minimum Gasteiger partial charge on any atom is -0.368 e. The van der Waals surface area contributed by atoms with Crippen LogP contribution in [0.4, 0.5) is 0 Å². The average molecular weight is 175 g/mol. The Hall–Kier alpha value is 0.120.